The van der Waals surface area contributed by atoms with E-state index in [-0.39, 0.29) is 18.4 Å². The number of likely N-dealkylation sites (N-methyl/N-ethyl adjacent to an activating group) is 1. The van der Waals surface area contributed by atoms with Crippen LogP contribution in [0.25, 0.3) is 10.9 Å². The van der Waals surface area contributed by atoms with Gasteiger partial charge in [-0.2, -0.15) is 0 Å². The van der Waals surface area contributed by atoms with Gasteiger partial charge in [-0.15, -0.1) is 12.4 Å². The van der Waals surface area contributed by atoms with E-state index in [1.165, 1.54) is 27.7 Å². The normalized spacial score (nSPS) is 13.9. The maximum absolute atomic E-state index is 12.2. The number of fused-ring (bicyclic) bond motifs is 3. The van der Waals surface area contributed by atoms with Crippen LogP contribution in [0.3, 0.4) is 0 Å². The number of carbonyl (C=O) groups is 1. The molecule has 5 heteroatoms. The van der Waals surface area contributed by atoms with Crippen molar-refractivity contribution in [2.45, 2.75) is 26.4 Å². The van der Waals surface area contributed by atoms with E-state index in [0.717, 1.165) is 26.1 Å². The van der Waals surface area contributed by atoms with Crippen molar-refractivity contribution in [1.29, 1.82) is 0 Å². The summed E-state index contributed by atoms with van der Waals surface area (Å²) in [6.45, 7) is 5.06. The number of hydrogen-bond acceptors (Lipinski definition) is 3. The fourth-order valence-electron chi connectivity index (χ4n) is 3.87. The van der Waals surface area contributed by atoms with Gasteiger partial charge in [-0.3, -0.25) is 0 Å². The molecule has 4 rings (SSSR count). The van der Waals surface area contributed by atoms with Crippen LogP contribution in [0, 0.1) is 0 Å². The Labute approximate surface area is 166 Å². The second-order valence-electron chi connectivity index (χ2n) is 6.94. The average Bonchev–Trinajstić information content (AvgIpc) is 2.95. The Morgan fingerprint density at radius 2 is 1.93 bits per heavy atom. The maximum atomic E-state index is 12.2. The zero-order chi connectivity index (χ0) is 18.1. The molecule has 0 aliphatic carbocycles. The largest absolute Gasteiger partial charge is 0.462 e. The molecule has 2 heterocycles. The average molecular weight is 385 g/mol. The van der Waals surface area contributed by atoms with Gasteiger partial charge in [0.05, 0.1) is 12.2 Å². The van der Waals surface area contributed by atoms with Gasteiger partial charge in [0.1, 0.15) is 0 Å². The molecule has 0 N–H and O–H groups in total. The molecule has 0 amide bonds. The lowest BCUT2D eigenvalue weighted by atomic mass is 10.0. The molecule has 3 aromatic rings. The predicted octanol–water partition coefficient (Wildman–Crippen LogP) is 4.28. The lowest BCUT2D eigenvalue weighted by molar-refractivity contribution is 0.0526. The predicted molar refractivity (Wildman–Crippen MR) is 111 cm³/mol. The van der Waals surface area contributed by atoms with Crippen molar-refractivity contribution in [1.82, 2.24) is 9.47 Å². The molecule has 1 aliphatic heterocycles. The zero-order valence-electron chi connectivity index (χ0n) is 15.8. The van der Waals surface area contributed by atoms with E-state index in [1.807, 2.05) is 25.1 Å². The smallest absolute Gasteiger partial charge is 0.338 e. The van der Waals surface area contributed by atoms with E-state index < -0.39 is 0 Å². The number of halogens is 1. The summed E-state index contributed by atoms with van der Waals surface area (Å²) in [7, 11) is 2.15. The third-order valence-corrected chi connectivity index (χ3v) is 5.14. The highest BCUT2D eigenvalue weighted by molar-refractivity contribution is 5.96. The van der Waals surface area contributed by atoms with Crippen molar-refractivity contribution < 1.29 is 9.53 Å². The number of rotatable bonds is 4. The summed E-state index contributed by atoms with van der Waals surface area (Å²) in [6, 6.07) is 16.5. The molecular weight excluding hydrogens is 360 g/mol. The Morgan fingerprint density at radius 1 is 1.15 bits per heavy atom. The lowest BCUT2D eigenvalue weighted by Gasteiger charge is -2.24. The van der Waals surface area contributed by atoms with Gasteiger partial charge in [0, 0.05) is 42.7 Å². The lowest BCUT2D eigenvalue weighted by Crippen LogP contribution is -2.27. The van der Waals surface area contributed by atoms with Crippen molar-refractivity contribution in [2.24, 2.45) is 0 Å². The maximum Gasteiger partial charge on any atom is 0.338 e. The number of nitrogens with zero attached hydrogens (tertiary/aromatic N) is 2. The minimum atomic E-state index is -0.247. The summed E-state index contributed by atoms with van der Waals surface area (Å²) in [4.78, 5) is 14.5. The second-order valence-corrected chi connectivity index (χ2v) is 6.94. The molecule has 0 bridgehead atoms. The van der Waals surface area contributed by atoms with Gasteiger partial charge in [0.2, 0.25) is 0 Å². The van der Waals surface area contributed by atoms with Crippen LogP contribution in [0.1, 0.15) is 34.1 Å². The first-order valence-electron chi connectivity index (χ1n) is 9.21. The standard InChI is InChI=1S/C22H24N2O2.ClH/c1-3-26-22(25)17-9-10-20-18(13-17)19-15-23(2)12-11-21(19)24(20)14-16-7-5-4-6-8-16;/h4-10,13H,3,11-12,14-15H2,1-2H3;1H. The molecule has 0 radical (unpaired) electrons. The molecule has 0 saturated carbocycles. The SMILES string of the molecule is CCOC(=O)c1ccc2c(c1)c1c(n2Cc2ccccc2)CCN(C)C1.Cl. The van der Waals surface area contributed by atoms with Crippen LogP contribution in [0.2, 0.25) is 0 Å². The van der Waals surface area contributed by atoms with Gasteiger partial charge >= 0.3 is 5.97 Å². The Morgan fingerprint density at radius 3 is 2.67 bits per heavy atom. The molecule has 0 fully saturated rings. The Balaban J connectivity index is 0.00000210. The highest BCUT2D eigenvalue weighted by atomic mass is 35.5. The second kappa shape index (κ2) is 8.15. The Bertz CT molecular complexity index is 950. The van der Waals surface area contributed by atoms with E-state index in [1.54, 1.807) is 0 Å². The number of ether oxygens (including phenoxy) is 1. The monoisotopic (exact) mass is 384 g/mol. The molecule has 0 spiro atoms. The van der Waals surface area contributed by atoms with Crippen molar-refractivity contribution in [2.75, 3.05) is 20.2 Å². The van der Waals surface area contributed by atoms with Gasteiger partial charge in [-0.25, -0.2) is 4.79 Å². The van der Waals surface area contributed by atoms with Crippen LogP contribution >= 0.6 is 12.4 Å². The molecule has 2 aromatic carbocycles. The third kappa shape index (κ3) is 3.73. The summed E-state index contributed by atoms with van der Waals surface area (Å²) in [5.74, 6) is -0.247. The van der Waals surface area contributed by atoms with Crippen molar-refractivity contribution in [3.63, 3.8) is 0 Å². The fourth-order valence-corrected chi connectivity index (χ4v) is 3.87. The van der Waals surface area contributed by atoms with E-state index in [0.29, 0.717) is 12.2 Å². The highest BCUT2D eigenvalue weighted by Gasteiger charge is 2.23. The highest BCUT2D eigenvalue weighted by Crippen LogP contribution is 2.32. The summed E-state index contributed by atoms with van der Waals surface area (Å²) >= 11 is 0. The number of hydrogen-bond donors (Lipinski definition) is 0. The van der Waals surface area contributed by atoms with Crippen molar-refractivity contribution in [3.05, 3.63) is 70.9 Å². The van der Waals surface area contributed by atoms with Crippen molar-refractivity contribution in [3.8, 4) is 0 Å². The molecule has 142 valence electrons. The van der Waals surface area contributed by atoms with Gasteiger partial charge in [-0.05, 0) is 43.3 Å². The number of aromatic nitrogens is 1. The molecule has 27 heavy (non-hydrogen) atoms. The Hall–Kier alpha value is -2.30. The Kier molecular flexibility index (Phi) is 5.88. The minimum Gasteiger partial charge on any atom is -0.462 e. The molecule has 0 unspecified atom stereocenters. The van der Waals surface area contributed by atoms with E-state index in [4.69, 9.17) is 4.74 Å². The number of carbonyl (C=O) groups excluding carboxylic acids is 1. The molecular formula is C22H25ClN2O2. The van der Waals surface area contributed by atoms with Crippen molar-refractivity contribution >= 4 is 29.3 Å². The topological polar surface area (TPSA) is 34.5 Å². The number of benzene rings is 2. The summed E-state index contributed by atoms with van der Waals surface area (Å²) in [5.41, 5.74) is 5.86. The first-order chi connectivity index (χ1) is 12.7. The van der Waals surface area contributed by atoms with Gasteiger partial charge in [-0.1, -0.05) is 30.3 Å². The summed E-state index contributed by atoms with van der Waals surface area (Å²) < 4.78 is 7.61. The quantitative estimate of drug-likeness (QED) is 0.630. The van der Waals surface area contributed by atoms with Crippen LogP contribution in [0.5, 0.6) is 0 Å². The van der Waals surface area contributed by atoms with E-state index >= 15 is 0 Å². The third-order valence-electron chi connectivity index (χ3n) is 5.14. The zero-order valence-corrected chi connectivity index (χ0v) is 16.6. The van der Waals surface area contributed by atoms with E-state index in [2.05, 4.69) is 46.8 Å². The summed E-state index contributed by atoms with van der Waals surface area (Å²) in [6.07, 6.45) is 1.03. The summed E-state index contributed by atoms with van der Waals surface area (Å²) in [5, 5.41) is 1.17. The first-order valence-corrected chi connectivity index (χ1v) is 9.21. The fraction of sp³-hybridized carbons (Fsp3) is 0.318. The van der Waals surface area contributed by atoms with Gasteiger partial charge in [0.15, 0.2) is 0 Å². The number of esters is 1. The first kappa shape index (κ1) is 19.5. The molecule has 4 nitrogen and oxygen atoms in total. The van der Waals surface area contributed by atoms with Gasteiger partial charge < -0.3 is 14.2 Å². The van der Waals surface area contributed by atoms with Crippen LogP contribution in [0.15, 0.2) is 48.5 Å². The molecule has 1 aliphatic rings. The van der Waals surface area contributed by atoms with Gasteiger partial charge in [0.25, 0.3) is 0 Å². The molecule has 0 saturated heterocycles. The van der Waals surface area contributed by atoms with Crippen LogP contribution in [0.4, 0.5) is 0 Å². The van der Waals surface area contributed by atoms with E-state index in [9.17, 15) is 4.79 Å². The van der Waals surface area contributed by atoms with Crippen LogP contribution in [-0.4, -0.2) is 35.6 Å². The molecule has 1 aromatic heterocycles. The molecule has 0 atom stereocenters. The van der Waals surface area contributed by atoms with Crippen LogP contribution < -0.4 is 0 Å². The van der Waals surface area contributed by atoms with Crippen LogP contribution in [-0.2, 0) is 24.2 Å². The minimum absolute atomic E-state index is 0.